The molecule has 2 saturated heterocycles. The highest BCUT2D eigenvalue weighted by Crippen LogP contribution is 2.40. The Labute approximate surface area is 158 Å². The van der Waals surface area contributed by atoms with Crippen molar-refractivity contribution in [1.29, 1.82) is 0 Å². The summed E-state index contributed by atoms with van der Waals surface area (Å²) in [7, 11) is 1.29. The number of hydrogen-bond acceptors (Lipinski definition) is 4. The van der Waals surface area contributed by atoms with E-state index in [4.69, 9.17) is 0 Å². The molecule has 0 saturated carbocycles. The summed E-state index contributed by atoms with van der Waals surface area (Å²) >= 11 is 0. The van der Waals surface area contributed by atoms with Crippen molar-refractivity contribution in [2.75, 3.05) is 26.7 Å². The second-order valence-corrected chi connectivity index (χ2v) is 7.34. The van der Waals surface area contributed by atoms with Crippen molar-refractivity contribution in [2.45, 2.75) is 38.6 Å². The number of likely N-dealkylation sites (tertiary alicyclic amines) is 2. The van der Waals surface area contributed by atoms with Crippen LogP contribution in [0.5, 0.6) is 0 Å². The first kappa shape index (κ1) is 19.3. The van der Waals surface area contributed by atoms with Crippen LogP contribution in [0.25, 0.3) is 0 Å². The average Bonchev–Trinajstić information content (AvgIpc) is 3.10. The topological polar surface area (TPSA) is 66.9 Å². The lowest BCUT2D eigenvalue weighted by Gasteiger charge is -2.39. The minimum Gasteiger partial charge on any atom is -0.469 e. The number of methoxy groups -OCH3 is 1. The maximum absolute atomic E-state index is 14.0. The van der Waals surface area contributed by atoms with E-state index in [1.54, 1.807) is 28.0 Å². The molecule has 27 heavy (non-hydrogen) atoms. The molecule has 7 heteroatoms. The molecule has 0 unspecified atom stereocenters. The number of hydrogen-bond donors (Lipinski definition) is 0. The first-order valence-electron chi connectivity index (χ1n) is 9.32. The predicted octanol–water partition coefficient (Wildman–Crippen LogP) is 2.12. The van der Waals surface area contributed by atoms with Gasteiger partial charge in [-0.05, 0) is 25.3 Å². The third-order valence-corrected chi connectivity index (χ3v) is 5.62. The third kappa shape index (κ3) is 4.12. The molecule has 2 heterocycles. The standard InChI is InChI=1S/C20H25FN2O4/c1-27-18(25)8-7-17(24)23-12-10-20(14-23)9-4-11-22(19(20)26)13-15-5-2-3-6-16(15)21/h2-3,5-6H,4,7-14H2,1H3/t20-/m0/s1. The van der Waals surface area contributed by atoms with Crippen molar-refractivity contribution in [3.05, 3.63) is 35.6 Å². The van der Waals surface area contributed by atoms with Gasteiger partial charge in [0.15, 0.2) is 0 Å². The summed E-state index contributed by atoms with van der Waals surface area (Å²) in [6, 6.07) is 6.49. The molecule has 2 aliphatic rings. The third-order valence-electron chi connectivity index (χ3n) is 5.62. The number of ether oxygens (including phenoxy) is 1. The molecule has 0 N–H and O–H groups in total. The molecule has 3 rings (SSSR count). The van der Waals surface area contributed by atoms with Gasteiger partial charge in [-0.1, -0.05) is 18.2 Å². The van der Waals surface area contributed by atoms with E-state index in [0.717, 1.165) is 12.8 Å². The van der Waals surface area contributed by atoms with Crippen LogP contribution in [-0.4, -0.2) is 54.3 Å². The molecule has 6 nitrogen and oxygen atoms in total. The van der Waals surface area contributed by atoms with E-state index in [-0.39, 0.29) is 37.0 Å². The zero-order valence-corrected chi connectivity index (χ0v) is 15.6. The Balaban J connectivity index is 1.64. The summed E-state index contributed by atoms with van der Waals surface area (Å²) in [4.78, 5) is 40.1. The number of halogens is 1. The Morgan fingerprint density at radius 1 is 1.19 bits per heavy atom. The fourth-order valence-corrected chi connectivity index (χ4v) is 4.07. The van der Waals surface area contributed by atoms with Crippen molar-refractivity contribution in [2.24, 2.45) is 5.41 Å². The Morgan fingerprint density at radius 2 is 1.96 bits per heavy atom. The lowest BCUT2D eigenvalue weighted by Crippen LogP contribution is -2.50. The van der Waals surface area contributed by atoms with Crippen LogP contribution in [0.4, 0.5) is 4.39 Å². The summed E-state index contributed by atoms with van der Waals surface area (Å²) in [5.74, 6) is -0.852. The van der Waals surface area contributed by atoms with Crippen LogP contribution in [-0.2, 0) is 25.7 Å². The second-order valence-electron chi connectivity index (χ2n) is 7.34. The minimum absolute atomic E-state index is 0.000251. The molecule has 0 bridgehead atoms. The van der Waals surface area contributed by atoms with Crippen LogP contribution in [0.3, 0.4) is 0 Å². The average molecular weight is 376 g/mol. The molecule has 2 aliphatic heterocycles. The molecule has 0 aliphatic carbocycles. The van der Waals surface area contributed by atoms with Crippen LogP contribution in [0.2, 0.25) is 0 Å². The number of rotatable bonds is 5. The zero-order valence-electron chi connectivity index (χ0n) is 15.6. The van der Waals surface area contributed by atoms with Gasteiger partial charge in [0.1, 0.15) is 5.82 Å². The predicted molar refractivity (Wildman–Crippen MR) is 95.9 cm³/mol. The first-order valence-corrected chi connectivity index (χ1v) is 9.32. The minimum atomic E-state index is -0.579. The summed E-state index contributed by atoms with van der Waals surface area (Å²) in [5.41, 5.74) is -0.0725. The van der Waals surface area contributed by atoms with E-state index in [1.165, 1.54) is 13.2 Å². The zero-order chi connectivity index (χ0) is 19.4. The van der Waals surface area contributed by atoms with Crippen molar-refractivity contribution in [3.63, 3.8) is 0 Å². The van der Waals surface area contributed by atoms with E-state index in [0.29, 0.717) is 31.6 Å². The quantitative estimate of drug-likeness (QED) is 0.739. The molecular weight excluding hydrogens is 351 g/mol. The molecule has 1 aromatic carbocycles. The number of piperidine rings is 1. The van der Waals surface area contributed by atoms with Gasteiger partial charge in [-0.3, -0.25) is 14.4 Å². The Hall–Kier alpha value is -2.44. The Kier molecular flexibility index (Phi) is 5.77. The summed E-state index contributed by atoms with van der Waals surface area (Å²) < 4.78 is 18.5. The van der Waals surface area contributed by atoms with Gasteiger partial charge in [-0.2, -0.15) is 0 Å². The van der Waals surface area contributed by atoms with Gasteiger partial charge in [0, 0.05) is 38.2 Å². The summed E-state index contributed by atoms with van der Waals surface area (Å²) in [6.45, 7) is 1.74. The largest absolute Gasteiger partial charge is 0.469 e. The fraction of sp³-hybridized carbons (Fsp3) is 0.550. The van der Waals surface area contributed by atoms with Gasteiger partial charge >= 0.3 is 5.97 Å². The number of nitrogens with zero attached hydrogens (tertiary/aromatic N) is 2. The van der Waals surface area contributed by atoms with Crippen molar-refractivity contribution >= 4 is 17.8 Å². The normalized spacial score (nSPS) is 22.4. The molecule has 0 aromatic heterocycles. The van der Waals surface area contributed by atoms with Gasteiger partial charge in [-0.15, -0.1) is 0 Å². The van der Waals surface area contributed by atoms with Crippen molar-refractivity contribution in [1.82, 2.24) is 9.80 Å². The van der Waals surface area contributed by atoms with Crippen molar-refractivity contribution < 1.29 is 23.5 Å². The molecule has 1 aromatic rings. The van der Waals surface area contributed by atoms with Crippen LogP contribution in [0, 0.1) is 11.2 Å². The van der Waals surface area contributed by atoms with E-state index < -0.39 is 11.4 Å². The van der Waals surface area contributed by atoms with Crippen molar-refractivity contribution in [3.8, 4) is 0 Å². The van der Waals surface area contributed by atoms with E-state index >= 15 is 0 Å². The number of esters is 1. The number of amides is 2. The number of carbonyl (C=O) groups is 3. The fourth-order valence-electron chi connectivity index (χ4n) is 4.07. The van der Waals surface area contributed by atoms with E-state index in [2.05, 4.69) is 4.74 Å². The molecule has 1 atom stereocenters. The number of benzene rings is 1. The highest BCUT2D eigenvalue weighted by molar-refractivity contribution is 5.87. The maximum atomic E-state index is 14.0. The lowest BCUT2D eigenvalue weighted by molar-refractivity contribution is -0.147. The van der Waals surface area contributed by atoms with Gasteiger partial charge in [-0.25, -0.2) is 4.39 Å². The summed E-state index contributed by atoms with van der Waals surface area (Å²) in [5, 5.41) is 0. The lowest BCUT2D eigenvalue weighted by atomic mass is 9.78. The van der Waals surface area contributed by atoms with E-state index in [9.17, 15) is 18.8 Å². The molecule has 2 amide bonds. The second kappa shape index (κ2) is 8.06. The molecule has 1 spiro atoms. The van der Waals surface area contributed by atoms with E-state index in [1.807, 2.05) is 0 Å². The van der Waals surface area contributed by atoms with Crippen LogP contribution in [0.1, 0.15) is 37.7 Å². The Bertz CT molecular complexity index is 738. The Morgan fingerprint density at radius 3 is 2.70 bits per heavy atom. The molecular formula is C20H25FN2O4. The van der Waals surface area contributed by atoms with Gasteiger partial charge in [0.2, 0.25) is 11.8 Å². The highest BCUT2D eigenvalue weighted by atomic mass is 19.1. The van der Waals surface area contributed by atoms with Crippen LogP contribution < -0.4 is 0 Å². The molecule has 146 valence electrons. The first-order chi connectivity index (χ1) is 12.9. The highest BCUT2D eigenvalue weighted by Gasteiger charge is 2.49. The monoisotopic (exact) mass is 376 g/mol. The maximum Gasteiger partial charge on any atom is 0.306 e. The van der Waals surface area contributed by atoms with Gasteiger partial charge in [0.05, 0.1) is 18.9 Å². The van der Waals surface area contributed by atoms with Gasteiger partial charge < -0.3 is 14.5 Å². The smallest absolute Gasteiger partial charge is 0.306 e. The van der Waals surface area contributed by atoms with Gasteiger partial charge in [0.25, 0.3) is 0 Å². The number of carbonyl (C=O) groups excluding carboxylic acids is 3. The summed E-state index contributed by atoms with van der Waals surface area (Å²) in [6.07, 6.45) is 2.33. The molecule has 2 fully saturated rings. The molecule has 0 radical (unpaired) electrons. The van der Waals surface area contributed by atoms with Crippen LogP contribution in [0.15, 0.2) is 24.3 Å². The SMILES string of the molecule is COC(=O)CCC(=O)N1CC[C@@]2(CCCN(Cc3ccccc3F)C2=O)C1. The van der Waals surface area contributed by atoms with Crippen LogP contribution >= 0.6 is 0 Å².